The first kappa shape index (κ1) is 12.6. The zero-order valence-corrected chi connectivity index (χ0v) is 6.04. The first-order chi connectivity index (χ1) is 4.72. The summed E-state index contributed by atoms with van der Waals surface area (Å²) < 4.78 is 4.64. The van der Waals surface area contributed by atoms with Gasteiger partial charge in [-0.25, -0.2) is 4.79 Å². The van der Waals surface area contributed by atoms with E-state index in [2.05, 4.69) is 17.9 Å². The van der Waals surface area contributed by atoms with Crippen molar-refractivity contribution in [3.8, 4) is 0 Å². The minimum absolute atomic E-state index is 0. The molecule has 0 saturated carbocycles. The highest BCUT2D eigenvalue weighted by Crippen LogP contribution is 1.88. The zero-order valence-electron chi connectivity index (χ0n) is 6.04. The standard InChI is InChI=1S/C7H11NO2.H4Si/c1-4-6-10-7(9)8(3)5-2;/h4-5H,1-2,6H2,3H3;1H4. The number of carbonyl (C=O) groups excluding carboxylic acids is 1. The van der Waals surface area contributed by atoms with E-state index in [0.29, 0.717) is 0 Å². The van der Waals surface area contributed by atoms with E-state index >= 15 is 0 Å². The highest BCUT2D eigenvalue weighted by Gasteiger charge is 2.02. The van der Waals surface area contributed by atoms with Gasteiger partial charge in [0.2, 0.25) is 0 Å². The maximum atomic E-state index is 10.7. The van der Waals surface area contributed by atoms with E-state index in [1.54, 1.807) is 7.05 Å². The predicted molar refractivity (Wildman–Crippen MR) is 50.8 cm³/mol. The first-order valence-electron chi connectivity index (χ1n) is 2.85. The van der Waals surface area contributed by atoms with Gasteiger partial charge in [-0.3, -0.25) is 4.90 Å². The fourth-order valence-electron chi connectivity index (χ4n) is 0.307. The lowest BCUT2D eigenvalue weighted by Gasteiger charge is -2.09. The molecule has 0 aromatic carbocycles. The molecule has 0 unspecified atom stereocenters. The quantitative estimate of drug-likeness (QED) is 0.442. The third-order valence-electron chi connectivity index (χ3n) is 0.887. The maximum absolute atomic E-state index is 10.7. The second kappa shape index (κ2) is 7.08. The highest BCUT2D eigenvalue weighted by molar-refractivity contribution is 5.75. The van der Waals surface area contributed by atoms with Crippen LogP contribution in [0.25, 0.3) is 0 Å². The zero-order chi connectivity index (χ0) is 7.98. The number of nitrogens with zero attached hydrogens (tertiary/aromatic N) is 1. The van der Waals surface area contributed by atoms with Crippen LogP contribution in [-0.4, -0.2) is 35.6 Å². The van der Waals surface area contributed by atoms with Crippen LogP contribution in [0.15, 0.2) is 25.4 Å². The van der Waals surface area contributed by atoms with Crippen LogP contribution in [0.1, 0.15) is 0 Å². The van der Waals surface area contributed by atoms with Crippen molar-refractivity contribution in [2.75, 3.05) is 13.7 Å². The SMILES string of the molecule is C=CCOC(=O)N(C)C=C.[SiH4]. The Morgan fingerprint density at radius 2 is 2.18 bits per heavy atom. The second-order valence-corrected chi connectivity index (χ2v) is 1.66. The van der Waals surface area contributed by atoms with Gasteiger partial charge in [-0.2, -0.15) is 0 Å². The molecule has 0 aromatic rings. The van der Waals surface area contributed by atoms with Crippen LogP contribution < -0.4 is 0 Å². The van der Waals surface area contributed by atoms with E-state index < -0.39 is 6.09 Å². The third-order valence-corrected chi connectivity index (χ3v) is 0.887. The monoisotopic (exact) mass is 173 g/mol. The summed E-state index contributed by atoms with van der Waals surface area (Å²) in [5, 5.41) is 0. The lowest BCUT2D eigenvalue weighted by Crippen LogP contribution is -2.21. The molecule has 0 N–H and O–H groups in total. The number of hydrogen-bond acceptors (Lipinski definition) is 2. The van der Waals surface area contributed by atoms with Gasteiger partial charge in [0.15, 0.2) is 0 Å². The summed E-state index contributed by atoms with van der Waals surface area (Å²) >= 11 is 0. The van der Waals surface area contributed by atoms with E-state index in [1.807, 2.05) is 0 Å². The summed E-state index contributed by atoms with van der Waals surface area (Å²) in [6.07, 6.45) is 2.47. The molecule has 0 rings (SSSR count). The van der Waals surface area contributed by atoms with Gasteiger partial charge in [-0.05, 0) is 11.0 Å². The minimum Gasteiger partial charge on any atom is -0.445 e. The van der Waals surface area contributed by atoms with Crippen molar-refractivity contribution in [3.05, 3.63) is 25.4 Å². The minimum atomic E-state index is -0.421. The van der Waals surface area contributed by atoms with E-state index in [9.17, 15) is 4.79 Å². The van der Waals surface area contributed by atoms with Gasteiger partial charge in [-0.1, -0.05) is 19.2 Å². The Morgan fingerprint density at radius 1 is 1.64 bits per heavy atom. The third kappa shape index (κ3) is 5.41. The largest absolute Gasteiger partial charge is 0.445 e. The fourth-order valence-corrected chi connectivity index (χ4v) is 0.307. The van der Waals surface area contributed by atoms with Crippen LogP contribution in [-0.2, 0) is 4.74 Å². The molecule has 0 fully saturated rings. The Balaban J connectivity index is 0. The van der Waals surface area contributed by atoms with Crippen LogP contribution in [0.3, 0.4) is 0 Å². The summed E-state index contributed by atoms with van der Waals surface area (Å²) in [6.45, 7) is 7.02. The average molecular weight is 173 g/mol. The van der Waals surface area contributed by atoms with E-state index in [4.69, 9.17) is 0 Å². The van der Waals surface area contributed by atoms with E-state index in [1.165, 1.54) is 17.2 Å². The topological polar surface area (TPSA) is 29.5 Å². The second-order valence-electron chi connectivity index (χ2n) is 1.66. The summed E-state index contributed by atoms with van der Waals surface area (Å²) in [5.41, 5.74) is 0. The van der Waals surface area contributed by atoms with Crippen molar-refractivity contribution in [1.29, 1.82) is 0 Å². The van der Waals surface area contributed by atoms with Gasteiger partial charge < -0.3 is 4.74 Å². The molecule has 64 valence electrons. The van der Waals surface area contributed by atoms with Crippen LogP contribution in [0.4, 0.5) is 4.79 Å². The molecular formula is C7H15NO2Si. The molecule has 0 aliphatic rings. The number of rotatable bonds is 3. The van der Waals surface area contributed by atoms with Crippen LogP contribution in [0.2, 0.25) is 0 Å². The van der Waals surface area contributed by atoms with Gasteiger partial charge in [-0.15, -0.1) is 0 Å². The lowest BCUT2D eigenvalue weighted by molar-refractivity contribution is 0.135. The Morgan fingerprint density at radius 3 is 2.55 bits per heavy atom. The van der Waals surface area contributed by atoms with Gasteiger partial charge in [0.05, 0.1) is 0 Å². The van der Waals surface area contributed by atoms with Crippen LogP contribution in [0, 0.1) is 0 Å². The number of ether oxygens (including phenoxy) is 1. The van der Waals surface area contributed by atoms with Gasteiger partial charge in [0.1, 0.15) is 6.61 Å². The molecule has 3 nitrogen and oxygen atoms in total. The number of carbonyl (C=O) groups is 1. The van der Waals surface area contributed by atoms with Gasteiger partial charge >= 0.3 is 6.09 Å². The molecule has 0 aromatic heterocycles. The maximum Gasteiger partial charge on any atom is 0.413 e. The van der Waals surface area contributed by atoms with Crippen molar-refractivity contribution in [3.63, 3.8) is 0 Å². The Bertz CT molecular complexity index is 147. The predicted octanol–water partition coefficient (Wildman–Crippen LogP) is -0.0673. The number of amides is 1. The molecule has 0 aliphatic carbocycles. The van der Waals surface area contributed by atoms with Crippen molar-refractivity contribution in [2.45, 2.75) is 0 Å². The Labute approximate surface area is 71.4 Å². The lowest BCUT2D eigenvalue weighted by atomic mass is 10.7. The van der Waals surface area contributed by atoms with Crippen LogP contribution in [0.5, 0.6) is 0 Å². The van der Waals surface area contributed by atoms with Crippen molar-refractivity contribution >= 4 is 17.1 Å². The Hall–Kier alpha value is -1.03. The fraction of sp³-hybridized carbons (Fsp3) is 0.286. The van der Waals surface area contributed by atoms with Crippen LogP contribution >= 0.6 is 0 Å². The molecule has 11 heavy (non-hydrogen) atoms. The average Bonchev–Trinajstić information content (AvgIpc) is 1.98. The van der Waals surface area contributed by atoms with Crippen molar-refractivity contribution in [2.24, 2.45) is 0 Å². The molecule has 0 bridgehead atoms. The van der Waals surface area contributed by atoms with Crippen molar-refractivity contribution in [1.82, 2.24) is 4.90 Å². The molecule has 0 atom stereocenters. The summed E-state index contributed by atoms with van der Waals surface area (Å²) in [4.78, 5) is 12.0. The Kier molecular flexibility index (Phi) is 8.12. The molecule has 0 saturated heterocycles. The van der Waals surface area contributed by atoms with Crippen molar-refractivity contribution < 1.29 is 9.53 Å². The molecule has 0 radical (unpaired) electrons. The highest BCUT2D eigenvalue weighted by atomic mass is 28.1. The first-order valence-corrected chi connectivity index (χ1v) is 2.85. The van der Waals surface area contributed by atoms with E-state index in [0.717, 1.165) is 0 Å². The molecule has 4 heteroatoms. The van der Waals surface area contributed by atoms with Gasteiger partial charge in [0, 0.05) is 13.2 Å². The molecule has 0 aliphatic heterocycles. The summed E-state index contributed by atoms with van der Waals surface area (Å²) in [7, 11) is 1.57. The normalized spacial score (nSPS) is 7.36. The summed E-state index contributed by atoms with van der Waals surface area (Å²) in [6, 6.07) is 0. The number of hydrogen-bond donors (Lipinski definition) is 0. The molecular weight excluding hydrogens is 158 g/mol. The smallest absolute Gasteiger partial charge is 0.413 e. The van der Waals surface area contributed by atoms with Gasteiger partial charge in [0.25, 0.3) is 0 Å². The summed E-state index contributed by atoms with van der Waals surface area (Å²) in [5.74, 6) is 0. The molecule has 0 heterocycles. The molecule has 1 amide bonds. The molecule has 0 spiro atoms. The van der Waals surface area contributed by atoms with E-state index in [-0.39, 0.29) is 17.6 Å².